The second-order valence-electron chi connectivity index (χ2n) is 6.80. The Morgan fingerprint density at radius 3 is 2.73 bits per heavy atom. The minimum atomic E-state index is -0.209. The van der Waals surface area contributed by atoms with Crippen molar-refractivity contribution in [3.8, 4) is 23.0 Å². The Hall–Kier alpha value is -3.80. The van der Waals surface area contributed by atoms with Gasteiger partial charge in [-0.15, -0.1) is 0 Å². The van der Waals surface area contributed by atoms with Crippen molar-refractivity contribution in [2.75, 3.05) is 19.0 Å². The Balaban J connectivity index is 1.62. The van der Waals surface area contributed by atoms with E-state index in [2.05, 4.69) is 10.3 Å². The molecule has 0 bridgehead atoms. The standard InChI is InChI=1S/C24H22N2O4/c1-4-29-19-7-5-6-16(12-19)23(27)25-20-13-17(9-8-15(20)2)24-26-21-14-18(28-3)10-11-22(21)30-24/h5-14H,4H2,1-3H3,(H,25,27). The van der Waals surface area contributed by atoms with Crippen molar-refractivity contribution in [3.05, 3.63) is 71.8 Å². The number of benzene rings is 3. The Morgan fingerprint density at radius 1 is 1.07 bits per heavy atom. The number of carbonyl (C=O) groups is 1. The Labute approximate surface area is 174 Å². The highest BCUT2D eigenvalue weighted by Crippen LogP contribution is 2.30. The molecule has 0 saturated heterocycles. The van der Waals surface area contributed by atoms with Crippen LogP contribution in [0, 0.1) is 6.92 Å². The van der Waals surface area contributed by atoms with E-state index < -0.39 is 0 Å². The van der Waals surface area contributed by atoms with Crippen LogP contribution in [0.5, 0.6) is 11.5 Å². The zero-order valence-electron chi connectivity index (χ0n) is 17.1. The molecule has 3 aromatic carbocycles. The van der Waals surface area contributed by atoms with Crippen LogP contribution in [-0.2, 0) is 0 Å². The molecule has 1 amide bonds. The number of aryl methyl sites for hydroxylation is 1. The maximum absolute atomic E-state index is 12.8. The van der Waals surface area contributed by atoms with Crippen LogP contribution in [0.4, 0.5) is 5.69 Å². The summed E-state index contributed by atoms with van der Waals surface area (Å²) in [4.78, 5) is 17.3. The van der Waals surface area contributed by atoms with Gasteiger partial charge in [0.2, 0.25) is 5.89 Å². The molecule has 0 aliphatic heterocycles. The van der Waals surface area contributed by atoms with E-state index in [0.717, 1.165) is 11.1 Å². The molecule has 152 valence electrons. The summed E-state index contributed by atoms with van der Waals surface area (Å²) >= 11 is 0. The molecular weight excluding hydrogens is 380 g/mol. The first-order chi connectivity index (χ1) is 14.6. The molecule has 6 nitrogen and oxygen atoms in total. The number of nitrogens with zero attached hydrogens (tertiary/aromatic N) is 1. The minimum absolute atomic E-state index is 0.209. The van der Waals surface area contributed by atoms with E-state index in [1.54, 1.807) is 25.3 Å². The van der Waals surface area contributed by atoms with Gasteiger partial charge in [0.15, 0.2) is 5.58 Å². The monoisotopic (exact) mass is 402 g/mol. The number of rotatable bonds is 6. The van der Waals surface area contributed by atoms with Gasteiger partial charge in [-0.05, 0) is 61.9 Å². The zero-order valence-corrected chi connectivity index (χ0v) is 17.1. The highest BCUT2D eigenvalue weighted by atomic mass is 16.5. The van der Waals surface area contributed by atoms with Gasteiger partial charge in [-0.1, -0.05) is 12.1 Å². The number of amides is 1. The number of ether oxygens (including phenoxy) is 2. The summed E-state index contributed by atoms with van der Waals surface area (Å²) < 4.78 is 16.6. The van der Waals surface area contributed by atoms with Gasteiger partial charge in [0.1, 0.15) is 17.0 Å². The van der Waals surface area contributed by atoms with Crippen LogP contribution in [0.1, 0.15) is 22.8 Å². The molecule has 6 heteroatoms. The second-order valence-corrected chi connectivity index (χ2v) is 6.80. The molecule has 30 heavy (non-hydrogen) atoms. The largest absolute Gasteiger partial charge is 0.497 e. The number of hydrogen-bond acceptors (Lipinski definition) is 5. The molecule has 0 aliphatic carbocycles. The zero-order chi connectivity index (χ0) is 21.1. The maximum Gasteiger partial charge on any atom is 0.255 e. The predicted octanol–water partition coefficient (Wildman–Crippen LogP) is 5.46. The molecule has 0 fully saturated rings. The van der Waals surface area contributed by atoms with Crippen LogP contribution in [0.3, 0.4) is 0 Å². The summed E-state index contributed by atoms with van der Waals surface area (Å²) in [6.07, 6.45) is 0. The van der Waals surface area contributed by atoms with E-state index in [1.807, 2.05) is 56.3 Å². The first kappa shape index (κ1) is 19.5. The van der Waals surface area contributed by atoms with Crippen molar-refractivity contribution in [2.45, 2.75) is 13.8 Å². The van der Waals surface area contributed by atoms with E-state index >= 15 is 0 Å². The highest BCUT2D eigenvalue weighted by Gasteiger charge is 2.13. The first-order valence-corrected chi connectivity index (χ1v) is 9.67. The minimum Gasteiger partial charge on any atom is -0.497 e. The van der Waals surface area contributed by atoms with Gasteiger partial charge in [0, 0.05) is 22.9 Å². The molecule has 1 heterocycles. The number of anilines is 1. The average Bonchev–Trinajstić information content (AvgIpc) is 3.19. The molecule has 4 rings (SSSR count). The van der Waals surface area contributed by atoms with E-state index in [1.165, 1.54) is 0 Å². The average molecular weight is 402 g/mol. The first-order valence-electron chi connectivity index (χ1n) is 9.67. The molecule has 0 spiro atoms. The van der Waals surface area contributed by atoms with Crippen molar-refractivity contribution in [2.24, 2.45) is 0 Å². The Morgan fingerprint density at radius 2 is 1.93 bits per heavy atom. The quantitative estimate of drug-likeness (QED) is 0.463. The van der Waals surface area contributed by atoms with Crippen LogP contribution in [0.2, 0.25) is 0 Å². The van der Waals surface area contributed by atoms with Crippen LogP contribution >= 0.6 is 0 Å². The van der Waals surface area contributed by atoms with Crippen LogP contribution in [-0.4, -0.2) is 24.6 Å². The van der Waals surface area contributed by atoms with Gasteiger partial charge in [0.25, 0.3) is 5.91 Å². The fourth-order valence-electron chi connectivity index (χ4n) is 3.14. The summed E-state index contributed by atoms with van der Waals surface area (Å²) in [6.45, 7) is 4.39. The fourth-order valence-corrected chi connectivity index (χ4v) is 3.14. The lowest BCUT2D eigenvalue weighted by atomic mass is 10.1. The maximum atomic E-state index is 12.8. The number of oxazole rings is 1. The Bertz CT molecular complexity index is 1210. The van der Waals surface area contributed by atoms with Crippen LogP contribution < -0.4 is 14.8 Å². The summed E-state index contributed by atoms with van der Waals surface area (Å²) in [7, 11) is 1.61. The third-order valence-corrected chi connectivity index (χ3v) is 4.73. The molecule has 0 radical (unpaired) electrons. The molecule has 0 atom stereocenters. The molecule has 0 saturated carbocycles. The van der Waals surface area contributed by atoms with Crippen molar-refractivity contribution in [3.63, 3.8) is 0 Å². The molecular formula is C24H22N2O4. The third-order valence-electron chi connectivity index (χ3n) is 4.73. The van der Waals surface area contributed by atoms with Crippen molar-refractivity contribution >= 4 is 22.7 Å². The normalized spacial score (nSPS) is 10.8. The second kappa shape index (κ2) is 8.29. The topological polar surface area (TPSA) is 73.6 Å². The molecule has 0 aliphatic rings. The molecule has 1 N–H and O–H groups in total. The summed E-state index contributed by atoms with van der Waals surface area (Å²) in [5, 5.41) is 2.97. The molecule has 4 aromatic rings. The predicted molar refractivity (Wildman–Crippen MR) is 116 cm³/mol. The summed E-state index contributed by atoms with van der Waals surface area (Å²) in [5.74, 6) is 1.65. The Kier molecular flexibility index (Phi) is 5.39. The number of hydrogen-bond donors (Lipinski definition) is 1. The lowest BCUT2D eigenvalue weighted by molar-refractivity contribution is 0.102. The van der Waals surface area contributed by atoms with Crippen molar-refractivity contribution < 1.29 is 18.7 Å². The molecule has 0 unspecified atom stereocenters. The highest BCUT2D eigenvalue weighted by molar-refractivity contribution is 6.05. The van der Waals surface area contributed by atoms with Gasteiger partial charge >= 0.3 is 0 Å². The van der Waals surface area contributed by atoms with Crippen LogP contribution in [0.15, 0.2) is 65.1 Å². The summed E-state index contributed by atoms with van der Waals surface area (Å²) in [6, 6.07) is 18.3. The van der Waals surface area contributed by atoms with E-state index in [-0.39, 0.29) is 5.91 Å². The number of carbonyl (C=O) groups excluding carboxylic acids is 1. The number of methoxy groups -OCH3 is 1. The summed E-state index contributed by atoms with van der Waals surface area (Å²) in [5.41, 5.74) is 4.31. The lowest BCUT2D eigenvalue weighted by Crippen LogP contribution is -2.13. The van der Waals surface area contributed by atoms with Gasteiger partial charge in [0.05, 0.1) is 13.7 Å². The number of fused-ring (bicyclic) bond motifs is 1. The van der Waals surface area contributed by atoms with Crippen LogP contribution in [0.25, 0.3) is 22.6 Å². The SMILES string of the molecule is CCOc1cccc(C(=O)Nc2cc(-c3nc4cc(OC)ccc4o3)ccc2C)c1. The van der Waals surface area contributed by atoms with Gasteiger partial charge in [-0.2, -0.15) is 0 Å². The van der Waals surface area contributed by atoms with Gasteiger partial charge in [-0.25, -0.2) is 4.98 Å². The van der Waals surface area contributed by atoms with Crippen molar-refractivity contribution in [1.82, 2.24) is 4.98 Å². The van der Waals surface area contributed by atoms with E-state index in [9.17, 15) is 4.79 Å². The number of nitrogens with one attached hydrogen (secondary N) is 1. The van der Waals surface area contributed by atoms with Crippen molar-refractivity contribution in [1.29, 1.82) is 0 Å². The third kappa shape index (κ3) is 3.98. The van der Waals surface area contributed by atoms with E-state index in [4.69, 9.17) is 13.9 Å². The van der Waals surface area contributed by atoms with Gasteiger partial charge in [-0.3, -0.25) is 4.79 Å². The number of aromatic nitrogens is 1. The molecule has 1 aromatic heterocycles. The van der Waals surface area contributed by atoms with E-state index in [0.29, 0.717) is 46.3 Å². The fraction of sp³-hybridized carbons (Fsp3) is 0.167. The lowest BCUT2D eigenvalue weighted by Gasteiger charge is -2.11. The van der Waals surface area contributed by atoms with Gasteiger partial charge < -0.3 is 19.2 Å². The smallest absolute Gasteiger partial charge is 0.255 e.